The van der Waals surface area contributed by atoms with E-state index in [0.29, 0.717) is 0 Å². The molecule has 0 amide bonds. The number of rotatable bonds is 4. The second kappa shape index (κ2) is 5.87. The van der Waals surface area contributed by atoms with E-state index < -0.39 is 0 Å². The third kappa shape index (κ3) is 3.05. The fourth-order valence-corrected chi connectivity index (χ4v) is 2.20. The molecule has 0 radical (unpaired) electrons. The molecule has 3 heteroatoms. The van der Waals surface area contributed by atoms with E-state index in [1.165, 1.54) is 11.8 Å². The van der Waals surface area contributed by atoms with Crippen LogP contribution in [0.4, 0.5) is 5.82 Å². The van der Waals surface area contributed by atoms with E-state index in [-0.39, 0.29) is 6.04 Å². The fourth-order valence-electron chi connectivity index (χ4n) is 2.20. The predicted octanol–water partition coefficient (Wildman–Crippen LogP) is 4.18. The molecule has 0 unspecified atom stereocenters. The summed E-state index contributed by atoms with van der Waals surface area (Å²) in [7, 11) is 0. The molecule has 0 bridgehead atoms. The Labute approximate surface area is 120 Å². The highest BCUT2D eigenvalue weighted by molar-refractivity contribution is 5.87. The summed E-state index contributed by atoms with van der Waals surface area (Å²) in [5.74, 6) is 0.784. The van der Waals surface area contributed by atoms with Gasteiger partial charge in [-0.15, -0.1) is 0 Å². The lowest BCUT2D eigenvalue weighted by Crippen LogP contribution is -2.14. The van der Waals surface area contributed by atoms with Gasteiger partial charge in [0, 0.05) is 23.4 Å². The molecule has 0 aliphatic carbocycles. The minimum absolute atomic E-state index is 0.286. The molecule has 1 aromatic heterocycles. The lowest BCUT2D eigenvalue weighted by Gasteiger charge is -2.15. The molecule has 0 saturated heterocycles. The van der Waals surface area contributed by atoms with Crippen molar-refractivity contribution in [3.8, 4) is 11.3 Å². The molecule has 0 saturated carbocycles. The van der Waals surface area contributed by atoms with Crippen molar-refractivity contribution in [1.82, 2.24) is 4.98 Å². The first-order chi connectivity index (χ1) is 9.51. The van der Waals surface area contributed by atoms with Crippen molar-refractivity contribution in [3.63, 3.8) is 0 Å². The summed E-state index contributed by atoms with van der Waals surface area (Å²) in [6, 6.07) is 10.6. The Hall–Kier alpha value is -2.16. The summed E-state index contributed by atoms with van der Waals surface area (Å²) in [6.07, 6.45) is 1.37. The van der Waals surface area contributed by atoms with Gasteiger partial charge in [0.2, 0.25) is 0 Å². The van der Waals surface area contributed by atoms with Crippen LogP contribution in [0.2, 0.25) is 0 Å². The average molecular weight is 267 g/mol. The maximum absolute atomic E-state index is 7.57. The lowest BCUT2D eigenvalue weighted by atomic mass is 10.0. The number of benzene rings is 1. The van der Waals surface area contributed by atoms with Crippen LogP contribution >= 0.6 is 0 Å². The van der Waals surface area contributed by atoms with E-state index in [4.69, 9.17) is 10.4 Å². The maximum Gasteiger partial charge on any atom is 0.135 e. The topological polar surface area (TPSA) is 48.8 Å². The first-order valence-corrected chi connectivity index (χ1v) is 6.87. The normalized spacial score (nSPS) is 10.7. The molecule has 2 rings (SSSR count). The second-order valence-corrected chi connectivity index (χ2v) is 5.40. The highest BCUT2D eigenvalue weighted by Crippen LogP contribution is 2.25. The summed E-state index contributed by atoms with van der Waals surface area (Å²) in [4.78, 5) is 4.69. The van der Waals surface area contributed by atoms with Gasteiger partial charge in [0.1, 0.15) is 5.82 Å². The highest BCUT2D eigenvalue weighted by Gasteiger charge is 2.10. The third-order valence-corrected chi connectivity index (χ3v) is 3.15. The molecule has 0 atom stereocenters. The van der Waals surface area contributed by atoms with Gasteiger partial charge in [0.25, 0.3) is 0 Å². The molecule has 20 heavy (non-hydrogen) atoms. The Morgan fingerprint density at radius 1 is 1.20 bits per heavy atom. The summed E-state index contributed by atoms with van der Waals surface area (Å²) in [6.45, 7) is 8.25. The Kier molecular flexibility index (Phi) is 4.18. The summed E-state index contributed by atoms with van der Waals surface area (Å²) in [5, 5.41) is 10.9. The molecule has 0 fully saturated rings. The van der Waals surface area contributed by atoms with Crippen LogP contribution in [0.3, 0.4) is 0 Å². The van der Waals surface area contributed by atoms with E-state index in [2.05, 4.69) is 44.3 Å². The van der Waals surface area contributed by atoms with Crippen molar-refractivity contribution < 1.29 is 0 Å². The van der Waals surface area contributed by atoms with Gasteiger partial charge in [-0.1, -0.05) is 23.8 Å². The Morgan fingerprint density at radius 3 is 2.55 bits per heavy atom. The van der Waals surface area contributed by atoms with Crippen LogP contribution < -0.4 is 5.32 Å². The van der Waals surface area contributed by atoms with E-state index in [1.807, 2.05) is 19.1 Å². The minimum Gasteiger partial charge on any atom is -0.367 e. The summed E-state index contributed by atoms with van der Waals surface area (Å²) >= 11 is 0. The van der Waals surface area contributed by atoms with Gasteiger partial charge in [-0.05, 0) is 45.4 Å². The number of aryl methyl sites for hydroxylation is 2. The zero-order valence-electron chi connectivity index (χ0n) is 12.5. The number of pyridine rings is 1. The van der Waals surface area contributed by atoms with Gasteiger partial charge in [-0.25, -0.2) is 4.98 Å². The summed E-state index contributed by atoms with van der Waals surface area (Å²) < 4.78 is 0. The van der Waals surface area contributed by atoms with Gasteiger partial charge in [0.05, 0.1) is 5.69 Å². The van der Waals surface area contributed by atoms with Crippen molar-refractivity contribution >= 4 is 12.0 Å². The van der Waals surface area contributed by atoms with Crippen LogP contribution in [0.15, 0.2) is 30.3 Å². The van der Waals surface area contributed by atoms with Crippen LogP contribution in [-0.4, -0.2) is 17.2 Å². The summed E-state index contributed by atoms with van der Waals surface area (Å²) in [5.41, 5.74) is 5.19. The van der Waals surface area contributed by atoms with Crippen molar-refractivity contribution in [2.75, 3.05) is 5.32 Å². The molecule has 0 aliphatic rings. The second-order valence-electron chi connectivity index (χ2n) is 5.40. The maximum atomic E-state index is 7.57. The Morgan fingerprint density at radius 2 is 1.95 bits per heavy atom. The smallest absolute Gasteiger partial charge is 0.135 e. The lowest BCUT2D eigenvalue weighted by molar-refractivity contribution is 0.888. The van der Waals surface area contributed by atoms with Crippen molar-refractivity contribution in [2.45, 2.75) is 33.7 Å². The van der Waals surface area contributed by atoms with Crippen LogP contribution in [0.1, 0.15) is 30.5 Å². The first kappa shape index (κ1) is 14.3. The van der Waals surface area contributed by atoms with Gasteiger partial charge in [-0.3, -0.25) is 0 Å². The van der Waals surface area contributed by atoms with E-state index in [0.717, 1.165) is 28.2 Å². The number of hydrogen-bond donors (Lipinski definition) is 2. The van der Waals surface area contributed by atoms with Crippen LogP contribution in [0.5, 0.6) is 0 Å². The zero-order chi connectivity index (χ0) is 14.7. The van der Waals surface area contributed by atoms with Crippen molar-refractivity contribution in [1.29, 1.82) is 5.41 Å². The molecule has 0 spiro atoms. The van der Waals surface area contributed by atoms with Gasteiger partial charge >= 0.3 is 0 Å². The minimum atomic E-state index is 0.286. The molecule has 104 valence electrons. The van der Waals surface area contributed by atoms with Gasteiger partial charge < -0.3 is 10.7 Å². The monoisotopic (exact) mass is 267 g/mol. The molecular weight excluding hydrogens is 246 g/mol. The van der Waals surface area contributed by atoms with E-state index in [9.17, 15) is 0 Å². The van der Waals surface area contributed by atoms with Crippen molar-refractivity contribution in [3.05, 3.63) is 47.0 Å². The molecule has 3 nitrogen and oxygen atoms in total. The number of aromatic nitrogens is 1. The van der Waals surface area contributed by atoms with E-state index in [1.54, 1.807) is 0 Å². The predicted molar refractivity (Wildman–Crippen MR) is 85.8 cm³/mol. The molecule has 2 N–H and O–H groups in total. The largest absolute Gasteiger partial charge is 0.367 e. The molecule has 2 aromatic rings. The number of anilines is 1. The quantitative estimate of drug-likeness (QED) is 0.816. The van der Waals surface area contributed by atoms with Crippen LogP contribution in [0, 0.1) is 19.3 Å². The molecule has 1 heterocycles. The van der Waals surface area contributed by atoms with Crippen LogP contribution in [-0.2, 0) is 0 Å². The average Bonchev–Trinajstić information content (AvgIpc) is 2.37. The third-order valence-electron chi connectivity index (χ3n) is 3.15. The fraction of sp³-hybridized carbons (Fsp3) is 0.294. The van der Waals surface area contributed by atoms with E-state index >= 15 is 0 Å². The number of nitrogens with zero attached hydrogens (tertiary/aromatic N) is 1. The molecular formula is C17H21N3. The number of nitrogens with one attached hydrogen (secondary N) is 2. The zero-order valence-corrected chi connectivity index (χ0v) is 12.5. The Bertz CT molecular complexity index is 630. The van der Waals surface area contributed by atoms with Crippen molar-refractivity contribution in [2.24, 2.45) is 0 Å². The first-order valence-electron chi connectivity index (χ1n) is 6.87. The molecule has 1 aromatic carbocycles. The SMILES string of the molecule is Cc1cccc(-c2cc(C)c(C=N)c(NC(C)C)n2)c1. The van der Waals surface area contributed by atoms with Gasteiger partial charge in [-0.2, -0.15) is 0 Å². The number of hydrogen-bond acceptors (Lipinski definition) is 3. The standard InChI is InChI=1S/C17H21N3/c1-11(2)19-17-15(10-18)13(4)9-16(20-17)14-7-5-6-12(3)8-14/h5-11,18H,1-4H3,(H,19,20). The van der Waals surface area contributed by atoms with Gasteiger partial charge in [0.15, 0.2) is 0 Å². The Balaban J connectivity index is 2.55. The molecule has 0 aliphatic heterocycles. The van der Waals surface area contributed by atoms with Crippen LogP contribution in [0.25, 0.3) is 11.3 Å². The highest BCUT2D eigenvalue weighted by atomic mass is 15.0.